The third kappa shape index (κ3) is 4.92. The molecule has 0 saturated heterocycles. The molecule has 0 aliphatic carbocycles. The van der Waals surface area contributed by atoms with E-state index in [4.69, 9.17) is 10.00 Å². The summed E-state index contributed by atoms with van der Waals surface area (Å²) in [6, 6.07) is 10.2. The highest BCUT2D eigenvalue weighted by molar-refractivity contribution is 5.42. The van der Waals surface area contributed by atoms with Crippen molar-refractivity contribution in [1.82, 2.24) is 4.90 Å². The lowest BCUT2D eigenvalue weighted by Crippen LogP contribution is -2.33. The molecule has 104 valence electrons. The second kappa shape index (κ2) is 8.55. The second-order valence-corrected chi connectivity index (χ2v) is 4.70. The molecule has 0 saturated carbocycles. The number of nitrogens with zero attached hydrogens (tertiary/aromatic N) is 2. The zero-order valence-corrected chi connectivity index (χ0v) is 12.2. The largest absolute Gasteiger partial charge is 0.492 e. The normalized spacial score (nSPS) is 12.2. The lowest BCUT2D eigenvalue weighted by Gasteiger charge is -2.26. The molecule has 0 amide bonds. The molecule has 0 radical (unpaired) electrons. The molecule has 1 rings (SSSR count). The minimum Gasteiger partial charge on any atom is -0.492 e. The van der Waals surface area contributed by atoms with Crippen LogP contribution in [0.5, 0.6) is 5.75 Å². The molecule has 3 heteroatoms. The monoisotopic (exact) mass is 260 g/mol. The van der Waals surface area contributed by atoms with Crippen LogP contribution in [0.1, 0.15) is 39.2 Å². The number of ether oxygens (including phenoxy) is 1. The lowest BCUT2D eigenvalue weighted by molar-refractivity contribution is 0.193. The Morgan fingerprint density at radius 3 is 2.68 bits per heavy atom. The molecule has 0 bridgehead atoms. The average molecular weight is 260 g/mol. The number of hydrogen-bond acceptors (Lipinski definition) is 3. The van der Waals surface area contributed by atoms with E-state index in [1.165, 1.54) is 6.42 Å². The molecule has 0 spiro atoms. The van der Waals surface area contributed by atoms with Crippen LogP contribution in [0.2, 0.25) is 0 Å². The first-order chi connectivity index (χ1) is 9.22. The van der Waals surface area contributed by atoms with Crippen molar-refractivity contribution in [2.75, 3.05) is 19.7 Å². The van der Waals surface area contributed by atoms with Crippen molar-refractivity contribution in [1.29, 1.82) is 5.26 Å². The summed E-state index contributed by atoms with van der Waals surface area (Å²) in [5, 5.41) is 8.97. The summed E-state index contributed by atoms with van der Waals surface area (Å²) in [5.74, 6) is 0.691. The number of para-hydroxylation sites is 1. The molecule has 0 aromatic heterocycles. The van der Waals surface area contributed by atoms with Crippen LogP contribution in [0.25, 0.3) is 0 Å². The Morgan fingerprint density at radius 2 is 2.05 bits per heavy atom. The van der Waals surface area contributed by atoms with E-state index in [0.29, 0.717) is 24.0 Å². The quantitative estimate of drug-likeness (QED) is 0.672. The maximum Gasteiger partial charge on any atom is 0.137 e. The summed E-state index contributed by atoms with van der Waals surface area (Å²) < 4.78 is 5.69. The summed E-state index contributed by atoms with van der Waals surface area (Å²) >= 11 is 0. The molecule has 1 unspecified atom stereocenters. The average Bonchev–Trinajstić information content (AvgIpc) is 2.47. The van der Waals surface area contributed by atoms with Gasteiger partial charge in [-0.1, -0.05) is 26.0 Å². The first kappa shape index (κ1) is 15.5. The predicted octanol–water partition coefficient (Wildman–Crippen LogP) is 3.45. The maximum atomic E-state index is 8.97. The van der Waals surface area contributed by atoms with Crippen molar-refractivity contribution in [2.45, 2.75) is 39.7 Å². The van der Waals surface area contributed by atoms with Crippen LogP contribution in [-0.4, -0.2) is 30.6 Å². The third-order valence-corrected chi connectivity index (χ3v) is 3.48. The van der Waals surface area contributed by atoms with Crippen molar-refractivity contribution in [3.63, 3.8) is 0 Å². The SMILES string of the molecule is CCC(C)N(CC)CCCOc1ccccc1C#N. The van der Waals surface area contributed by atoms with Crippen LogP contribution >= 0.6 is 0 Å². The third-order valence-electron chi connectivity index (χ3n) is 3.48. The molecular formula is C16H24N2O. The van der Waals surface area contributed by atoms with Crippen LogP contribution in [0.3, 0.4) is 0 Å². The van der Waals surface area contributed by atoms with Gasteiger partial charge in [0.1, 0.15) is 11.8 Å². The van der Waals surface area contributed by atoms with Gasteiger partial charge in [0.2, 0.25) is 0 Å². The van der Waals surface area contributed by atoms with Crippen molar-refractivity contribution >= 4 is 0 Å². The van der Waals surface area contributed by atoms with Gasteiger partial charge in [0.15, 0.2) is 0 Å². The van der Waals surface area contributed by atoms with Crippen molar-refractivity contribution in [2.24, 2.45) is 0 Å². The summed E-state index contributed by atoms with van der Waals surface area (Å²) in [7, 11) is 0. The van der Waals surface area contributed by atoms with Crippen LogP contribution in [-0.2, 0) is 0 Å². The fraction of sp³-hybridized carbons (Fsp3) is 0.562. The summed E-state index contributed by atoms with van der Waals surface area (Å²) in [6.45, 7) is 9.44. The van der Waals surface area contributed by atoms with Gasteiger partial charge in [0.25, 0.3) is 0 Å². The topological polar surface area (TPSA) is 36.3 Å². The standard InChI is InChI=1S/C16H24N2O/c1-4-14(3)18(5-2)11-8-12-19-16-10-7-6-9-15(16)13-17/h6-7,9-10,14H,4-5,8,11-12H2,1-3H3. The van der Waals surface area contributed by atoms with Gasteiger partial charge in [0.05, 0.1) is 12.2 Å². The Hall–Kier alpha value is -1.53. The molecule has 0 aliphatic heterocycles. The van der Waals surface area contributed by atoms with E-state index < -0.39 is 0 Å². The molecule has 3 nitrogen and oxygen atoms in total. The lowest BCUT2D eigenvalue weighted by atomic mass is 10.2. The maximum absolute atomic E-state index is 8.97. The van der Waals surface area contributed by atoms with Gasteiger partial charge in [-0.15, -0.1) is 0 Å². The Morgan fingerprint density at radius 1 is 1.32 bits per heavy atom. The summed E-state index contributed by atoms with van der Waals surface area (Å²) in [5.41, 5.74) is 0.608. The Balaban J connectivity index is 2.36. The minimum atomic E-state index is 0.608. The second-order valence-electron chi connectivity index (χ2n) is 4.70. The van der Waals surface area contributed by atoms with E-state index >= 15 is 0 Å². The fourth-order valence-electron chi connectivity index (χ4n) is 2.08. The van der Waals surface area contributed by atoms with Crippen molar-refractivity contribution < 1.29 is 4.74 Å². The van der Waals surface area contributed by atoms with Gasteiger partial charge in [-0.2, -0.15) is 5.26 Å². The minimum absolute atomic E-state index is 0.608. The van der Waals surface area contributed by atoms with E-state index in [1.807, 2.05) is 18.2 Å². The molecule has 0 fully saturated rings. The fourth-order valence-corrected chi connectivity index (χ4v) is 2.08. The van der Waals surface area contributed by atoms with Crippen LogP contribution in [0, 0.1) is 11.3 Å². The molecule has 0 N–H and O–H groups in total. The first-order valence-corrected chi connectivity index (χ1v) is 7.08. The number of rotatable bonds is 8. The highest BCUT2D eigenvalue weighted by Crippen LogP contribution is 2.16. The smallest absolute Gasteiger partial charge is 0.137 e. The number of nitriles is 1. The van der Waals surface area contributed by atoms with Gasteiger partial charge in [-0.3, -0.25) is 0 Å². The van der Waals surface area contributed by atoms with E-state index in [2.05, 4.69) is 31.7 Å². The van der Waals surface area contributed by atoms with Crippen LogP contribution in [0.15, 0.2) is 24.3 Å². The molecular weight excluding hydrogens is 236 g/mol. The first-order valence-electron chi connectivity index (χ1n) is 7.08. The zero-order chi connectivity index (χ0) is 14.1. The molecule has 0 aliphatic rings. The highest BCUT2D eigenvalue weighted by atomic mass is 16.5. The summed E-state index contributed by atoms with van der Waals surface area (Å²) in [4.78, 5) is 2.46. The van der Waals surface area contributed by atoms with Crippen molar-refractivity contribution in [3.05, 3.63) is 29.8 Å². The number of hydrogen-bond donors (Lipinski definition) is 0. The highest BCUT2D eigenvalue weighted by Gasteiger charge is 2.09. The molecule has 0 heterocycles. The van der Waals surface area contributed by atoms with E-state index in [-0.39, 0.29) is 0 Å². The summed E-state index contributed by atoms with van der Waals surface area (Å²) in [6.07, 6.45) is 2.16. The predicted molar refractivity (Wildman–Crippen MR) is 78.3 cm³/mol. The van der Waals surface area contributed by atoms with Gasteiger partial charge >= 0.3 is 0 Å². The van der Waals surface area contributed by atoms with Gasteiger partial charge in [0, 0.05) is 12.6 Å². The van der Waals surface area contributed by atoms with E-state index in [1.54, 1.807) is 6.07 Å². The van der Waals surface area contributed by atoms with E-state index in [9.17, 15) is 0 Å². The Bertz CT molecular complexity index is 411. The van der Waals surface area contributed by atoms with Crippen LogP contribution < -0.4 is 4.74 Å². The molecule has 1 atom stereocenters. The van der Waals surface area contributed by atoms with Crippen LogP contribution in [0.4, 0.5) is 0 Å². The van der Waals surface area contributed by atoms with Gasteiger partial charge < -0.3 is 9.64 Å². The Kier molecular flexibility index (Phi) is 6.99. The number of benzene rings is 1. The molecule has 1 aromatic rings. The molecule has 1 aromatic carbocycles. The van der Waals surface area contributed by atoms with Gasteiger partial charge in [-0.25, -0.2) is 0 Å². The van der Waals surface area contributed by atoms with E-state index in [0.717, 1.165) is 19.5 Å². The van der Waals surface area contributed by atoms with Gasteiger partial charge in [-0.05, 0) is 38.4 Å². The zero-order valence-electron chi connectivity index (χ0n) is 12.2. The Labute approximate surface area is 116 Å². The van der Waals surface area contributed by atoms with Crippen molar-refractivity contribution in [3.8, 4) is 11.8 Å². The molecule has 19 heavy (non-hydrogen) atoms.